The van der Waals surface area contributed by atoms with Crippen molar-refractivity contribution in [1.29, 1.82) is 5.26 Å². The van der Waals surface area contributed by atoms with Crippen LogP contribution in [0.1, 0.15) is 65.0 Å². The van der Waals surface area contributed by atoms with Gasteiger partial charge >= 0.3 is 13.7 Å². The predicted molar refractivity (Wildman–Crippen MR) is 132 cm³/mol. The summed E-state index contributed by atoms with van der Waals surface area (Å²) in [5.41, 5.74) is 2.03. The molecule has 14 heteroatoms. The number of nitrogens with one attached hydrogen (secondary N) is 1. The van der Waals surface area contributed by atoms with E-state index >= 15 is 4.39 Å². The van der Waals surface area contributed by atoms with Gasteiger partial charge in [-0.2, -0.15) is 10.4 Å². The molecular formula is C23H34FN6O6P. The number of fused-ring (bicyclic) bond motifs is 1. The molecule has 3 rings (SSSR count). The molecule has 1 fully saturated rings. The van der Waals surface area contributed by atoms with Crippen LogP contribution in [0.4, 0.5) is 10.2 Å². The number of rotatable bonds is 13. The standard InChI is InChI=1S/C23H34FN6O6P/c1-4-5-6-7-8-11-34-21(31)16(2)29-37(32,33)35-13-17-12-22(3,24)23(14-25,36-17)19-10-9-18-20(26)27-15-28-30(18)19/h9-10,15-17H,4-8,11-13H2,1-3H3,(H2,26,27,28)(H2,29,32,33). The van der Waals surface area contributed by atoms with Gasteiger partial charge in [0.05, 0.1) is 25.0 Å². The van der Waals surface area contributed by atoms with E-state index in [1.165, 1.54) is 30.8 Å². The largest absolute Gasteiger partial charge is 0.465 e. The first-order valence-electron chi connectivity index (χ1n) is 12.2. The van der Waals surface area contributed by atoms with Crippen LogP contribution in [0.25, 0.3) is 5.52 Å². The van der Waals surface area contributed by atoms with Crippen LogP contribution >= 0.6 is 7.75 Å². The zero-order valence-electron chi connectivity index (χ0n) is 21.2. The van der Waals surface area contributed by atoms with Crippen LogP contribution in [0.2, 0.25) is 0 Å². The molecule has 204 valence electrons. The predicted octanol–water partition coefficient (Wildman–Crippen LogP) is 3.16. The van der Waals surface area contributed by atoms with E-state index in [0.29, 0.717) is 11.9 Å². The number of halogens is 1. The van der Waals surface area contributed by atoms with E-state index in [4.69, 9.17) is 19.7 Å². The lowest BCUT2D eigenvalue weighted by Crippen LogP contribution is -2.42. The average Bonchev–Trinajstić information content (AvgIpc) is 3.39. The summed E-state index contributed by atoms with van der Waals surface area (Å²) in [7, 11) is -4.49. The van der Waals surface area contributed by atoms with Crippen LogP contribution < -0.4 is 10.8 Å². The molecule has 1 saturated heterocycles. The van der Waals surface area contributed by atoms with E-state index in [9.17, 15) is 19.5 Å². The van der Waals surface area contributed by atoms with Crippen LogP contribution in [0.3, 0.4) is 0 Å². The second-order valence-corrected chi connectivity index (χ2v) is 10.9. The molecule has 5 atom stereocenters. The zero-order valence-corrected chi connectivity index (χ0v) is 22.1. The molecule has 2 aromatic rings. The molecule has 0 aliphatic carbocycles. The third kappa shape index (κ3) is 6.45. The number of alkyl halides is 1. The molecule has 0 bridgehead atoms. The highest BCUT2D eigenvalue weighted by molar-refractivity contribution is 7.50. The molecule has 37 heavy (non-hydrogen) atoms. The Kier molecular flexibility index (Phi) is 9.26. The van der Waals surface area contributed by atoms with Gasteiger partial charge in [0.2, 0.25) is 5.60 Å². The number of unbranched alkanes of at least 4 members (excludes halogenated alkanes) is 4. The van der Waals surface area contributed by atoms with Gasteiger partial charge in [-0.15, -0.1) is 0 Å². The van der Waals surface area contributed by atoms with Gasteiger partial charge in [-0.05, 0) is 32.4 Å². The highest BCUT2D eigenvalue weighted by Gasteiger charge is 2.61. The lowest BCUT2D eigenvalue weighted by atomic mass is 9.83. The number of anilines is 1. The van der Waals surface area contributed by atoms with Crippen LogP contribution in [-0.2, 0) is 29.0 Å². The number of nitrogens with zero attached hydrogens (tertiary/aromatic N) is 4. The average molecular weight is 541 g/mol. The minimum absolute atomic E-state index is 0.1000. The quantitative estimate of drug-likeness (QED) is 0.193. The summed E-state index contributed by atoms with van der Waals surface area (Å²) in [6.45, 7) is 4.40. The van der Waals surface area contributed by atoms with Gasteiger partial charge in [0, 0.05) is 6.42 Å². The fraction of sp³-hybridized carbons (Fsp3) is 0.652. The number of nitrogens with two attached hydrogens (primary N) is 1. The topological polar surface area (TPSA) is 174 Å². The Morgan fingerprint density at radius 2 is 2.19 bits per heavy atom. The molecule has 3 heterocycles. The van der Waals surface area contributed by atoms with E-state index in [0.717, 1.165) is 25.7 Å². The lowest BCUT2D eigenvalue weighted by molar-refractivity contribution is -0.145. The fourth-order valence-corrected chi connectivity index (χ4v) is 5.39. The first-order chi connectivity index (χ1) is 17.5. The third-order valence-electron chi connectivity index (χ3n) is 6.33. The summed E-state index contributed by atoms with van der Waals surface area (Å²) in [5, 5.41) is 16.3. The third-order valence-corrected chi connectivity index (χ3v) is 7.54. The second kappa shape index (κ2) is 11.8. The van der Waals surface area contributed by atoms with Crippen molar-refractivity contribution in [2.24, 2.45) is 0 Å². The van der Waals surface area contributed by atoms with E-state index in [-0.39, 0.29) is 24.5 Å². The van der Waals surface area contributed by atoms with E-state index in [1.54, 1.807) is 6.07 Å². The summed E-state index contributed by atoms with van der Waals surface area (Å²) in [5.74, 6) is -0.545. The van der Waals surface area contributed by atoms with Crippen molar-refractivity contribution >= 4 is 25.1 Å². The molecule has 2 aromatic heterocycles. The van der Waals surface area contributed by atoms with E-state index in [2.05, 4.69) is 22.1 Å². The molecule has 0 spiro atoms. The van der Waals surface area contributed by atoms with Gasteiger partial charge in [0.25, 0.3) is 0 Å². The molecule has 0 radical (unpaired) electrons. The Balaban J connectivity index is 1.59. The molecule has 0 aromatic carbocycles. The van der Waals surface area contributed by atoms with Gasteiger partial charge < -0.3 is 20.1 Å². The Labute approximate surface area is 214 Å². The molecule has 5 unspecified atom stereocenters. The second-order valence-electron chi connectivity index (χ2n) is 9.34. The maximum atomic E-state index is 15.8. The Hall–Kier alpha value is -2.62. The van der Waals surface area contributed by atoms with Crippen LogP contribution in [0.15, 0.2) is 18.5 Å². The SMILES string of the molecule is CCCCCCCOC(=O)C(C)NP(=O)(O)OCC1CC(C)(F)C(C#N)(c2ccc3c(N)ncnn23)O1. The van der Waals surface area contributed by atoms with Crippen molar-refractivity contribution < 1.29 is 32.6 Å². The maximum Gasteiger partial charge on any atom is 0.403 e. The molecule has 12 nitrogen and oxygen atoms in total. The number of carbonyl (C=O) groups excluding carboxylic acids is 1. The number of nitrogen functional groups attached to an aromatic ring is 1. The van der Waals surface area contributed by atoms with Crippen LogP contribution in [-0.4, -0.2) is 56.5 Å². The minimum Gasteiger partial charge on any atom is -0.465 e. The first kappa shape index (κ1) is 28.9. The number of carbonyl (C=O) groups is 1. The Morgan fingerprint density at radius 1 is 1.46 bits per heavy atom. The summed E-state index contributed by atoms with van der Waals surface area (Å²) in [4.78, 5) is 26.2. The number of esters is 1. The molecule has 0 amide bonds. The first-order valence-corrected chi connectivity index (χ1v) is 13.8. The monoisotopic (exact) mass is 540 g/mol. The number of ether oxygens (including phenoxy) is 2. The fourth-order valence-electron chi connectivity index (χ4n) is 4.35. The lowest BCUT2D eigenvalue weighted by Gasteiger charge is -2.29. The highest BCUT2D eigenvalue weighted by atomic mass is 31.2. The Bertz CT molecular complexity index is 1190. The van der Waals surface area contributed by atoms with Crippen molar-refractivity contribution in [3.05, 3.63) is 24.2 Å². The van der Waals surface area contributed by atoms with Crippen LogP contribution in [0.5, 0.6) is 0 Å². The van der Waals surface area contributed by atoms with Crippen molar-refractivity contribution in [3.8, 4) is 6.07 Å². The van der Waals surface area contributed by atoms with Gasteiger partial charge in [0.15, 0.2) is 11.5 Å². The number of hydrogen-bond donors (Lipinski definition) is 3. The summed E-state index contributed by atoms with van der Waals surface area (Å²) in [6, 6.07) is 3.81. The summed E-state index contributed by atoms with van der Waals surface area (Å²) in [6.07, 6.45) is 4.74. The number of hydrogen-bond acceptors (Lipinski definition) is 9. The van der Waals surface area contributed by atoms with Gasteiger partial charge in [-0.3, -0.25) is 9.32 Å². The summed E-state index contributed by atoms with van der Waals surface area (Å²) >= 11 is 0. The molecule has 1 aliphatic rings. The Morgan fingerprint density at radius 3 is 2.89 bits per heavy atom. The van der Waals surface area contributed by atoms with Crippen molar-refractivity contribution in [2.45, 2.75) is 82.7 Å². The molecule has 0 saturated carbocycles. The minimum atomic E-state index is -4.49. The normalized spacial score (nSPS) is 26.0. The van der Waals surface area contributed by atoms with Crippen molar-refractivity contribution in [2.75, 3.05) is 18.9 Å². The van der Waals surface area contributed by atoms with Crippen molar-refractivity contribution in [1.82, 2.24) is 19.7 Å². The molecular weight excluding hydrogens is 506 g/mol. The van der Waals surface area contributed by atoms with Gasteiger partial charge in [-0.25, -0.2) is 23.5 Å². The van der Waals surface area contributed by atoms with Gasteiger partial charge in [-0.1, -0.05) is 32.6 Å². The number of aromatic nitrogens is 3. The molecule has 1 aliphatic heterocycles. The highest BCUT2D eigenvalue weighted by Crippen LogP contribution is 2.50. The summed E-state index contributed by atoms with van der Waals surface area (Å²) < 4.78 is 45.7. The maximum absolute atomic E-state index is 15.8. The van der Waals surface area contributed by atoms with Crippen molar-refractivity contribution in [3.63, 3.8) is 0 Å². The molecule has 4 N–H and O–H groups in total. The van der Waals surface area contributed by atoms with Crippen LogP contribution in [0, 0.1) is 11.3 Å². The smallest absolute Gasteiger partial charge is 0.403 e. The number of nitriles is 1. The zero-order chi connectivity index (χ0) is 27.3. The van der Waals surface area contributed by atoms with E-state index < -0.39 is 43.7 Å². The van der Waals surface area contributed by atoms with Gasteiger partial charge in [0.1, 0.15) is 24.0 Å². The van der Waals surface area contributed by atoms with E-state index in [1.807, 2.05) is 6.07 Å².